The minimum atomic E-state index is -0.346. The molecule has 372 valence electrons. The Morgan fingerprint density at radius 3 is 1.14 bits per heavy atom. The van der Waals surface area contributed by atoms with Crippen molar-refractivity contribution in [3.05, 3.63) is 46.5 Å². The summed E-state index contributed by atoms with van der Waals surface area (Å²) in [4.78, 5) is 34.7. The van der Waals surface area contributed by atoms with Gasteiger partial charge in [-0.2, -0.15) is 0 Å². The van der Waals surface area contributed by atoms with E-state index in [4.69, 9.17) is 19.5 Å². The van der Waals surface area contributed by atoms with Crippen molar-refractivity contribution in [1.82, 2.24) is 0 Å². The smallest absolute Gasteiger partial charge is 0.221 e. The van der Waals surface area contributed by atoms with Gasteiger partial charge < -0.3 is 30.3 Å². The van der Waals surface area contributed by atoms with Crippen molar-refractivity contribution in [3.63, 3.8) is 0 Å². The zero-order valence-electron chi connectivity index (χ0n) is 43.2. The average molecular weight is 917 g/mol. The van der Waals surface area contributed by atoms with Crippen LogP contribution in [0.15, 0.2) is 34.3 Å². The lowest BCUT2D eigenvalue weighted by Crippen LogP contribution is -2.46. The molecule has 66 heavy (non-hydrogen) atoms. The highest BCUT2D eigenvalue weighted by molar-refractivity contribution is 5.96. The van der Waals surface area contributed by atoms with Gasteiger partial charge in [0.1, 0.15) is 11.5 Å². The van der Waals surface area contributed by atoms with E-state index in [2.05, 4.69) is 66.0 Å². The number of aliphatic imine (C=N–C) groups is 2. The molecule has 0 spiro atoms. The van der Waals surface area contributed by atoms with Crippen LogP contribution >= 0.6 is 0 Å². The maximum absolute atomic E-state index is 12.2. The monoisotopic (exact) mass is 917 g/mol. The Kier molecular flexibility index (Phi) is 25.6. The first-order valence-corrected chi connectivity index (χ1v) is 26.0. The molecule has 2 aromatic rings. The Balaban J connectivity index is 1.94. The van der Waals surface area contributed by atoms with Crippen molar-refractivity contribution in [2.75, 3.05) is 23.8 Å². The fourth-order valence-corrected chi connectivity index (χ4v) is 8.71. The van der Waals surface area contributed by atoms with E-state index in [1.807, 2.05) is 24.3 Å². The molecule has 1 saturated carbocycles. The third-order valence-electron chi connectivity index (χ3n) is 12.9. The fraction of sp³-hybridized carbons (Fsp3) is 0.714. The third-order valence-corrected chi connectivity index (χ3v) is 12.9. The van der Waals surface area contributed by atoms with Crippen molar-refractivity contribution in [2.24, 2.45) is 9.98 Å². The number of nitrogens with one attached hydrogen (secondary N) is 2. The molecular formula is C56H92N4O6. The van der Waals surface area contributed by atoms with Crippen molar-refractivity contribution in [2.45, 2.75) is 246 Å². The van der Waals surface area contributed by atoms with E-state index >= 15 is 0 Å². The lowest BCUT2D eigenvalue weighted by atomic mass is 9.85. The van der Waals surface area contributed by atoms with Crippen molar-refractivity contribution in [3.8, 4) is 11.5 Å². The van der Waals surface area contributed by atoms with Gasteiger partial charge in [0.05, 0.1) is 35.7 Å². The van der Waals surface area contributed by atoms with Gasteiger partial charge in [-0.05, 0) is 59.1 Å². The number of aromatic hydroxyl groups is 2. The number of anilines is 2. The van der Waals surface area contributed by atoms with E-state index in [1.165, 1.54) is 117 Å². The molecule has 0 aromatic heterocycles. The second-order valence-electron chi connectivity index (χ2n) is 21.1. The number of phenolic OH excluding ortho intramolecular Hbond substituents is 2. The van der Waals surface area contributed by atoms with Crippen LogP contribution < -0.4 is 10.6 Å². The molecule has 2 aromatic carbocycles. The van der Waals surface area contributed by atoms with Gasteiger partial charge in [-0.15, -0.1) is 0 Å². The average Bonchev–Trinajstić information content (AvgIpc) is 3.24. The van der Waals surface area contributed by atoms with Gasteiger partial charge in [0.2, 0.25) is 11.8 Å². The Hall–Kier alpha value is -3.76. The first-order chi connectivity index (χ1) is 31.4. The van der Waals surface area contributed by atoms with E-state index in [1.54, 1.807) is 12.4 Å². The number of unbranched alkanes of at least 4 members (excludes halogenated alkanes) is 18. The number of carbonyl (C=O) groups excluding carboxylic acids is 2. The molecule has 0 radical (unpaired) electrons. The molecule has 2 amide bonds. The summed E-state index contributed by atoms with van der Waals surface area (Å²) in [5, 5.41) is 28.5. The van der Waals surface area contributed by atoms with Gasteiger partial charge in [-0.1, -0.05) is 171 Å². The van der Waals surface area contributed by atoms with Crippen LogP contribution in [0.4, 0.5) is 11.4 Å². The summed E-state index contributed by atoms with van der Waals surface area (Å²) >= 11 is 0. The maximum Gasteiger partial charge on any atom is 0.221 e. The Morgan fingerprint density at radius 1 is 0.545 bits per heavy atom. The topological polar surface area (TPSA) is 142 Å². The van der Waals surface area contributed by atoms with Crippen LogP contribution in [0.25, 0.3) is 0 Å². The van der Waals surface area contributed by atoms with Crippen LogP contribution in [0, 0.1) is 0 Å². The SMILES string of the molecule is CCCCCCCCCCCCOC1C[C@H](N=Cc2cc(C(C)(C)C)cc(NC(C)=O)c2O)[C@H](N=Cc2cc(C(C)(C)C)cc(NC(C)=O)c2O)CC1OCCCCCCCCCCCC. The summed E-state index contributed by atoms with van der Waals surface area (Å²) in [5.41, 5.74) is 3.09. The van der Waals surface area contributed by atoms with Crippen LogP contribution in [0.5, 0.6) is 11.5 Å². The predicted molar refractivity (Wildman–Crippen MR) is 277 cm³/mol. The molecule has 0 saturated heterocycles. The summed E-state index contributed by atoms with van der Waals surface area (Å²) in [6.07, 6.45) is 29.2. The van der Waals surface area contributed by atoms with Gasteiger partial charge in [-0.3, -0.25) is 19.6 Å². The quantitative estimate of drug-likeness (QED) is 0.0349. The number of hydrogen-bond acceptors (Lipinski definition) is 8. The maximum atomic E-state index is 12.2. The van der Waals surface area contributed by atoms with Gasteiger partial charge in [0, 0.05) is 63.5 Å². The van der Waals surface area contributed by atoms with Crippen LogP contribution in [0.3, 0.4) is 0 Å². The van der Waals surface area contributed by atoms with Crippen LogP contribution in [0.2, 0.25) is 0 Å². The van der Waals surface area contributed by atoms with Crippen molar-refractivity contribution >= 4 is 35.6 Å². The second-order valence-corrected chi connectivity index (χ2v) is 21.1. The molecular weight excluding hydrogens is 825 g/mol. The van der Waals surface area contributed by atoms with E-state index in [0.717, 1.165) is 36.8 Å². The predicted octanol–water partition coefficient (Wildman–Crippen LogP) is 14.3. The Bertz CT molecular complexity index is 1660. The largest absolute Gasteiger partial charge is 0.505 e. The van der Waals surface area contributed by atoms with Gasteiger partial charge in [-0.25, -0.2) is 0 Å². The summed E-state index contributed by atoms with van der Waals surface area (Å²) in [7, 11) is 0. The van der Waals surface area contributed by atoms with Gasteiger partial charge in [0.15, 0.2) is 0 Å². The number of ether oxygens (including phenoxy) is 2. The van der Waals surface area contributed by atoms with Crippen LogP contribution in [-0.2, 0) is 29.9 Å². The molecule has 2 unspecified atom stereocenters. The van der Waals surface area contributed by atoms with E-state index in [-0.39, 0.29) is 58.4 Å². The zero-order chi connectivity index (χ0) is 48.5. The summed E-state index contributed by atoms with van der Waals surface area (Å²) in [6.45, 7) is 21.3. The highest BCUT2D eigenvalue weighted by atomic mass is 16.5. The summed E-state index contributed by atoms with van der Waals surface area (Å²) < 4.78 is 13.5. The normalized spacial score (nSPS) is 18.1. The number of hydrogen-bond donors (Lipinski definition) is 4. The zero-order valence-corrected chi connectivity index (χ0v) is 43.2. The second kappa shape index (κ2) is 29.9. The molecule has 0 aliphatic heterocycles. The van der Waals surface area contributed by atoms with Gasteiger partial charge >= 0.3 is 0 Å². The number of amides is 2. The molecule has 1 aliphatic rings. The minimum Gasteiger partial charge on any atom is -0.505 e. The molecule has 3 rings (SSSR count). The van der Waals surface area contributed by atoms with Crippen molar-refractivity contribution < 1.29 is 29.3 Å². The Labute approximate surface area is 401 Å². The highest BCUT2D eigenvalue weighted by Gasteiger charge is 2.38. The summed E-state index contributed by atoms with van der Waals surface area (Å²) in [5.74, 6) is -0.627. The lowest BCUT2D eigenvalue weighted by molar-refractivity contribution is -0.115. The lowest BCUT2D eigenvalue weighted by Gasteiger charge is -2.38. The first kappa shape index (κ1) is 56.6. The number of phenols is 2. The standard InChI is InChI=1S/C56H92N4O6/c1-11-13-15-17-19-21-23-25-27-29-31-65-51-37-47(57-39-43-33-45(55(5,6)7)35-49(53(43)63)59-41(3)61)48(38-52(51)66-32-30-28-26-24-22-20-18-16-14-12-2)58-40-44-34-46(56(8,9)10)36-50(54(44)64)60-42(4)62/h33-36,39-40,47-48,51-52,63-64H,11-32,37-38H2,1-10H3,(H,59,61)(H,60,62)/t47-,48+,51?,52?. The molecule has 0 bridgehead atoms. The molecule has 4 atom stereocenters. The van der Waals surface area contributed by atoms with E-state index < -0.39 is 0 Å². The first-order valence-electron chi connectivity index (χ1n) is 26.0. The molecule has 4 N–H and O–H groups in total. The van der Waals surface area contributed by atoms with E-state index in [0.29, 0.717) is 48.6 Å². The summed E-state index contributed by atoms with van der Waals surface area (Å²) in [6, 6.07) is 6.82. The fourth-order valence-electron chi connectivity index (χ4n) is 8.71. The number of rotatable bonds is 30. The molecule has 10 nitrogen and oxygen atoms in total. The highest BCUT2D eigenvalue weighted by Crippen LogP contribution is 2.37. The van der Waals surface area contributed by atoms with Crippen LogP contribution in [-0.4, -0.2) is 72.0 Å². The molecule has 1 fully saturated rings. The molecule has 1 aliphatic carbocycles. The third kappa shape index (κ3) is 21.0. The molecule has 10 heteroatoms. The number of nitrogens with zero attached hydrogens (tertiary/aromatic N) is 2. The molecule has 0 heterocycles. The van der Waals surface area contributed by atoms with Crippen molar-refractivity contribution in [1.29, 1.82) is 0 Å². The minimum absolute atomic E-state index is 0.0429. The van der Waals surface area contributed by atoms with Gasteiger partial charge in [0.25, 0.3) is 0 Å². The Morgan fingerprint density at radius 2 is 0.848 bits per heavy atom. The number of benzene rings is 2. The van der Waals surface area contributed by atoms with Crippen LogP contribution in [0.1, 0.15) is 233 Å². The van der Waals surface area contributed by atoms with E-state index in [9.17, 15) is 19.8 Å². The number of carbonyl (C=O) groups is 2.